The third kappa shape index (κ3) is 5.79. The topological polar surface area (TPSA) is 58.6 Å². The van der Waals surface area contributed by atoms with Crippen molar-refractivity contribution in [3.05, 3.63) is 76.8 Å². The summed E-state index contributed by atoms with van der Waals surface area (Å²) >= 11 is 0.835. The number of nitrogens with one attached hydrogen (secondary N) is 1. The molecule has 1 fully saturated rings. The van der Waals surface area contributed by atoms with Gasteiger partial charge in [0.25, 0.3) is 11.1 Å². The molecule has 2 amide bonds. The van der Waals surface area contributed by atoms with E-state index in [9.17, 15) is 22.8 Å². The van der Waals surface area contributed by atoms with Gasteiger partial charge in [-0.25, -0.2) is 0 Å². The van der Waals surface area contributed by atoms with Crippen LogP contribution in [0.4, 0.5) is 18.0 Å². The minimum Gasteiger partial charge on any atom is -0.486 e. The first-order valence-electron chi connectivity index (χ1n) is 9.06. The average molecular weight is 436 g/mol. The molecular formula is C21H19F3N2O3S. The number of rotatable bonds is 7. The van der Waals surface area contributed by atoms with E-state index < -0.39 is 29.0 Å². The first-order valence-corrected chi connectivity index (χ1v) is 9.88. The maximum atomic E-state index is 12.8. The van der Waals surface area contributed by atoms with E-state index in [0.717, 1.165) is 29.5 Å². The minimum atomic E-state index is -4.40. The van der Waals surface area contributed by atoms with E-state index in [2.05, 4.69) is 5.32 Å². The Kier molecular flexibility index (Phi) is 6.71. The van der Waals surface area contributed by atoms with Gasteiger partial charge in [0.05, 0.1) is 10.5 Å². The van der Waals surface area contributed by atoms with Crippen LogP contribution < -0.4 is 10.1 Å². The van der Waals surface area contributed by atoms with Gasteiger partial charge in [-0.05, 0) is 41.6 Å². The van der Waals surface area contributed by atoms with Crippen molar-refractivity contribution in [2.45, 2.75) is 18.7 Å². The van der Waals surface area contributed by atoms with Gasteiger partial charge >= 0.3 is 6.18 Å². The van der Waals surface area contributed by atoms with Crippen LogP contribution >= 0.6 is 11.8 Å². The van der Waals surface area contributed by atoms with Crippen molar-refractivity contribution in [1.82, 2.24) is 10.2 Å². The molecule has 0 bridgehead atoms. The summed E-state index contributed by atoms with van der Waals surface area (Å²) in [5, 5.41) is 1.79. The highest BCUT2D eigenvalue weighted by Crippen LogP contribution is 2.32. The number of carbonyl (C=O) groups is 2. The number of benzene rings is 2. The van der Waals surface area contributed by atoms with Crippen molar-refractivity contribution >= 4 is 22.9 Å². The third-order valence-corrected chi connectivity index (χ3v) is 5.15. The zero-order valence-electron chi connectivity index (χ0n) is 16.0. The fraction of sp³-hybridized carbons (Fsp3) is 0.238. The smallest absolute Gasteiger partial charge is 0.416 e. The van der Waals surface area contributed by atoms with Crippen LogP contribution in [0.15, 0.2) is 65.7 Å². The van der Waals surface area contributed by atoms with Crippen LogP contribution in [0.3, 0.4) is 0 Å². The van der Waals surface area contributed by atoms with E-state index in [1.165, 1.54) is 12.1 Å². The number of nitrogens with zero attached hydrogens (tertiary/aromatic N) is 1. The van der Waals surface area contributed by atoms with Crippen LogP contribution in [0.1, 0.15) is 23.7 Å². The Morgan fingerprint density at radius 3 is 2.33 bits per heavy atom. The molecule has 1 unspecified atom stereocenters. The molecule has 1 aliphatic heterocycles. The van der Waals surface area contributed by atoms with Gasteiger partial charge in [0.2, 0.25) is 0 Å². The number of thioether (sulfide) groups is 1. The van der Waals surface area contributed by atoms with Gasteiger partial charge in [-0.15, -0.1) is 0 Å². The molecule has 1 atom stereocenters. The molecule has 1 aliphatic rings. The molecule has 3 rings (SSSR count). The monoisotopic (exact) mass is 436 g/mol. The molecule has 158 valence electrons. The van der Waals surface area contributed by atoms with Crippen molar-refractivity contribution < 1.29 is 27.5 Å². The summed E-state index contributed by atoms with van der Waals surface area (Å²) in [4.78, 5) is 25.0. The quantitative estimate of drug-likeness (QED) is 0.621. The normalized spacial score (nSPS) is 16.5. The summed E-state index contributed by atoms with van der Waals surface area (Å²) in [6.07, 6.45) is -2.72. The van der Waals surface area contributed by atoms with E-state index in [4.69, 9.17) is 4.74 Å². The molecule has 0 aromatic heterocycles. The van der Waals surface area contributed by atoms with Gasteiger partial charge in [-0.3, -0.25) is 14.9 Å². The number of amides is 2. The zero-order chi connectivity index (χ0) is 21.7. The predicted molar refractivity (Wildman–Crippen MR) is 108 cm³/mol. The maximum absolute atomic E-state index is 12.8. The molecule has 2 aromatic rings. The fourth-order valence-corrected chi connectivity index (χ4v) is 3.56. The number of hydrogen-bond acceptors (Lipinski definition) is 5. The van der Waals surface area contributed by atoms with E-state index in [0.29, 0.717) is 23.6 Å². The van der Waals surface area contributed by atoms with Crippen LogP contribution in [-0.2, 0) is 11.0 Å². The van der Waals surface area contributed by atoms with Gasteiger partial charge in [0, 0.05) is 26.2 Å². The zero-order valence-corrected chi connectivity index (χ0v) is 16.8. The molecule has 9 heteroatoms. The summed E-state index contributed by atoms with van der Waals surface area (Å²) in [6.45, 7) is 0.492. The van der Waals surface area contributed by atoms with Crippen molar-refractivity contribution in [3.63, 3.8) is 0 Å². The molecule has 1 heterocycles. The molecule has 2 aromatic carbocycles. The largest absolute Gasteiger partial charge is 0.486 e. The van der Waals surface area contributed by atoms with Crippen LogP contribution in [0.5, 0.6) is 5.75 Å². The molecular weight excluding hydrogens is 417 g/mol. The second-order valence-corrected chi connectivity index (χ2v) is 7.66. The van der Waals surface area contributed by atoms with Gasteiger partial charge in [0.15, 0.2) is 0 Å². The Hall–Kier alpha value is -2.94. The number of ether oxygens (including phenoxy) is 1. The lowest BCUT2D eigenvalue weighted by atomic mass is 10.1. The highest BCUT2D eigenvalue weighted by molar-refractivity contribution is 8.18. The lowest BCUT2D eigenvalue weighted by Gasteiger charge is -2.23. The summed E-state index contributed by atoms with van der Waals surface area (Å²) < 4.78 is 44.3. The number of alkyl halides is 3. The Morgan fingerprint density at radius 2 is 1.77 bits per heavy atom. The average Bonchev–Trinajstić information content (AvgIpc) is 3.02. The summed E-state index contributed by atoms with van der Waals surface area (Å²) in [7, 11) is 1.77. The highest BCUT2D eigenvalue weighted by Gasteiger charge is 2.30. The summed E-state index contributed by atoms with van der Waals surface area (Å²) in [6, 6.07) is 13.9. The van der Waals surface area contributed by atoms with Gasteiger partial charge in [-0.2, -0.15) is 13.2 Å². The molecule has 0 aliphatic carbocycles. The summed E-state index contributed by atoms with van der Waals surface area (Å²) in [5.41, 5.74) is 0.140. The van der Waals surface area contributed by atoms with Crippen molar-refractivity contribution in [2.24, 2.45) is 0 Å². The van der Waals surface area contributed by atoms with E-state index in [-0.39, 0.29) is 0 Å². The first kappa shape index (κ1) is 21.8. The van der Waals surface area contributed by atoms with Gasteiger partial charge in [-0.1, -0.05) is 30.3 Å². The Morgan fingerprint density at radius 1 is 1.10 bits per heavy atom. The molecule has 0 saturated carbocycles. The van der Waals surface area contributed by atoms with E-state index in [1.807, 2.05) is 30.3 Å². The molecule has 30 heavy (non-hydrogen) atoms. The second-order valence-electron chi connectivity index (χ2n) is 6.65. The van der Waals surface area contributed by atoms with Crippen molar-refractivity contribution in [2.75, 3.05) is 13.6 Å². The number of imide groups is 1. The Balaban J connectivity index is 1.70. The van der Waals surface area contributed by atoms with Gasteiger partial charge in [0.1, 0.15) is 11.9 Å². The fourth-order valence-electron chi connectivity index (χ4n) is 2.84. The molecule has 1 N–H and O–H groups in total. The predicted octanol–water partition coefficient (Wildman–Crippen LogP) is 4.97. The molecule has 5 nitrogen and oxygen atoms in total. The van der Waals surface area contributed by atoms with Gasteiger partial charge < -0.3 is 9.64 Å². The van der Waals surface area contributed by atoms with Crippen molar-refractivity contribution in [1.29, 1.82) is 0 Å². The number of halogens is 3. The Bertz CT molecular complexity index is 931. The minimum absolute atomic E-state index is 0.308. The van der Waals surface area contributed by atoms with E-state index >= 15 is 0 Å². The Labute approximate surface area is 175 Å². The maximum Gasteiger partial charge on any atom is 0.416 e. The SMILES string of the molecule is CN(/C=C1\SC(=O)NC1=O)CCC(Oc1ccc(C(F)(F)F)cc1)c1ccccc1. The number of hydrogen-bond donors (Lipinski definition) is 1. The van der Waals surface area contributed by atoms with Crippen molar-refractivity contribution in [3.8, 4) is 5.75 Å². The van der Waals surface area contributed by atoms with Crippen LogP contribution in [0.25, 0.3) is 0 Å². The second kappa shape index (κ2) is 9.25. The molecule has 0 radical (unpaired) electrons. The van der Waals surface area contributed by atoms with Crippen LogP contribution in [0, 0.1) is 0 Å². The van der Waals surface area contributed by atoms with Crippen LogP contribution in [-0.4, -0.2) is 29.6 Å². The highest BCUT2D eigenvalue weighted by atomic mass is 32.2. The third-order valence-electron chi connectivity index (χ3n) is 4.36. The molecule has 0 spiro atoms. The number of carbonyl (C=O) groups excluding carboxylic acids is 2. The molecule has 1 saturated heterocycles. The standard InChI is InChI=1S/C21H19F3N2O3S/c1-26(13-18-19(27)25-20(28)30-18)12-11-17(14-5-3-2-4-6-14)29-16-9-7-15(8-10-16)21(22,23)24/h2-10,13,17H,11-12H2,1H3,(H,25,27,28)/b18-13-. The van der Waals surface area contributed by atoms with E-state index in [1.54, 1.807) is 18.1 Å². The lowest BCUT2D eigenvalue weighted by Crippen LogP contribution is -2.21. The lowest BCUT2D eigenvalue weighted by molar-refractivity contribution is -0.137. The first-order chi connectivity index (χ1) is 14.2. The summed E-state index contributed by atoms with van der Waals surface area (Å²) in [5.74, 6) is -0.105. The van der Waals surface area contributed by atoms with Crippen LogP contribution in [0.2, 0.25) is 0 Å².